The van der Waals surface area contributed by atoms with Crippen molar-refractivity contribution in [1.29, 1.82) is 0 Å². The maximum atomic E-state index is 14.4. The zero-order valence-corrected chi connectivity index (χ0v) is 21.1. The number of likely N-dealkylation sites (tertiary alicyclic amines) is 1. The lowest BCUT2D eigenvalue weighted by molar-refractivity contribution is -0.134. The minimum absolute atomic E-state index is 0.0289. The molecule has 3 aromatic rings. The summed E-state index contributed by atoms with van der Waals surface area (Å²) in [6.45, 7) is 1.55. The number of amides is 2. The second-order valence-electron chi connectivity index (χ2n) is 9.46. The van der Waals surface area contributed by atoms with E-state index >= 15 is 0 Å². The molecule has 3 aromatic carbocycles. The molecule has 0 radical (unpaired) electrons. The van der Waals surface area contributed by atoms with Crippen molar-refractivity contribution in [3.05, 3.63) is 101 Å². The van der Waals surface area contributed by atoms with Gasteiger partial charge in [-0.15, -0.1) is 0 Å². The summed E-state index contributed by atoms with van der Waals surface area (Å²) in [4.78, 5) is 29.9. The number of piperidine rings is 1. The van der Waals surface area contributed by atoms with Gasteiger partial charge in [-0.1, -0.05) is 54.1 Å². The minimum atomic E-state index is -0.610. The lowest BCUT2D eigenvalue weighted by Crippen LogP contribution is -2.50. The van der Waals surface area contributed by atoms with Crippen LogP contribution in [0.2, 0.25) is 5.02 Å². The third-order valence-corrected chi connectivity index (χ3v) is 6.88. The van der Waals surface area contributed by atoms with Crippen LogP contribution in [0.4, 0.5) is 4.39 Å². The molecular weight excluding hydrogens is 479 g/mol. The molecule has 4 rings (SSSR count). The van der Waals surface area contributed by atoms with Gasteiger partial charge in [0.15, 0.2) is 0 Å². The van der Waals surface area contributed by atoms with Crippen LogP contribution in [0.5, 0.6) is 5.75 Å². The van der Waals surface area contributed by atoms with Gasteiger partial charge < -0.3 is 14.5 Å². The monoisotopic (exact) mass is 508 g/mol. The molecule has 36 heavy (non-hydrogen) atoms. The molecule has 1 heterocycles. The van der Waals surface area contributed by atoms with Crippen molar-refractivity contribution in [3.63, 3.8) is 0 Å². The highest BCUT2D eigenvalue weighted by Crippen LogP contribution is 2.36. The summed E-state index contributed by atoms with van der Waals surface area (Å²) in [6.07, 6.45) is 1.62. The van der Waals surface area contributed by atoms with Gasteiger partial charge in [0, 0.05) is 43.5 Å². The number of benzene rings is 3. The van der Waals surface area contributed by atoms with Crippen LogP contribution in [-0.2, 0) is 11.3 Å². The Kier molecular flexibility index (Phi) is 8.26. The van der Waals surface area contributed by atoms with Crippen molar-refractivity contribution in [1.82, 2.24) is 9.80 Å². The van der Waals surface area contributed by atoms with E-state index in [1.54, 1.807) is 53.2 Å². The van der Waals surface area contributed by atoms with E-state index in [-0.39, 0.29) is 30.4 Å². The zero-order chi connectivity index (χ0) is 25.5. The number of halogens is 2. The Hall–Kier alpha value is -3.38. The topological polar surface area (TPSA) is 49.9 Å². The molecule has 0 spiro atoms. The van der Waals surface area contributed by atoms with Gasteiger partial charge in [0.2, 0.25) is 5.91 Å². The van der Waals surface area contributed by atoms with Crippen LogP contribution in [-0.4, -0.2) is 48.4 Å². The number of ether oxygens (including phenoxy) is 1. The Labute approximate surface area is 216 Å². The largest absolute Gasteiger partial charge is 0.493 e. The predicted octanol–water partition coefficient (Wildman–Crippen LogP) is 5.83. The Morgan fingerprint density at radius 1 is 1.03 bits per heavy atom. The molecule has 0 unspecified atom stereocenters. The molecule has 188 valence electrons. The van der Waals surface area contributed by atoms with E-state index in [1.807, 2.05) is 30.3 Å². The van der Waals surface area contributed by atoms with Crippen LogP contribution in [0.3, 0.4) is 0 Å². The average molecular weight is 509 g/mol. The molecular formula is C29H30ClFN2O3. The first-order valence-electron chi connectivity index (χ1n) is 12.1. The molecule has 7 heteroatoms. The molecule has 1 aliphatic rings. The average Bonchev–Trinajstić information content (AvgIpc) is 2.89. The van der Waals surface area contributed by atoms with Crippen molar-refractivity contribution in [2.24, 2.45) is 5.41 Å². The van der Waals surface area contributed by atoms with Crippen molar-refractivity contribution in [2.75, 3.05) is 26.7 Å². The zero-order valence-electron chi connectivity index (χ0n) is 20.3. The van der Waals surface area contributed by atoms with Crippen LogP contribution in [0.1, 0.15) is 35.2 Å². The highest BCUT2D eigenvalue weighted by Gasteiger charge is 2.41. The number of nitrogens with zero attached hydrogens (tertiary/aromatic N) is 2. The van der Waals surface area contributed by atoms with E-state index in [0.29, 0.717) is 43.2 Å². The van der Waals surface area contributed by atoms with E-state index in [9.17, 15) is 14.0 Å². The van der Waals surface area contributed by atoms with Crippen molar-refractivity contribution in [3.8, 4) is 5.75 Å². The first-order chi connectivity index (χ1) is 17.3. The van der Waals surface area contributed by atoms with Crippen LogP contribution in [0.25, 0.3) is 0 Å². The fourth-order valence-corrected chi connectivity index (χ4v) is 4.79. The Morgan fingerprint density at radius 3 is 2.44 bits per heavy atom. The van der Waals surface area contributed by atoms with Gasteiger partial charge in [0.25, 0.3) is 5.91 Å². The third-order valence-electron chi connectivity index (χ3n) is 6.63. The summed E-state index contributed by atoms with van der Waals surface area (Å²) in [5, 5.41) is 0.606. The predicted molar refractivity (Wildman–Crippen MR) is 138 cm³/mol. The fraction of sp³-hybridized carbons (Fsp3) is 0.310. The van der Waals surface area contributed by atoms with E-state index < -0.39 is 11.2 Å². The molecule has 5 nitrogen and oxygen atoms in total. The maximum absolute atomic E-state index is 14.4. The van der Waals surface area contributed by atoms with Crippen molar-refractivity contribution < 1.29 is 18.7 Å². The SMILES string of the molecule is CN(Cc1ccccc1)C(=O)C[C@]1(COc2ccc(Cl)cc2)CCCN(C(=O)c2ccccc2F)C1. The number of hydrogen-bond donors (Lipinski definition) is 0. The Bertz CT molecular complexity index is 1190. The summed E-state index contributed by atoms with van der Waals surface area (Å²) in [7, 11) is 1.79. The maximum Gasteiger partial charge on any atom is 0.256 e. The lowest BCUT2D eigenvalue weighted by Gasteiger charge is -2.43. The molecule has 0 aromatic heterocycles. The minimum Gasteiger partial charge on any atom is -0.493 e. The number of hydrogen-bond acceptors (Lipinski definition) is 3. The summed E-state index contributed by atoms with van der Waals surface area (Å²) in [5.41, 5.74) is 0.472. The number of carbonyl (C=O) groups is 2. The van der Waals surface area contributed by atoms with E-state index in [0.717, 1.165) is 5.56 Å². The summed E-state index contributed by atoms with van der Waals surface area (Å²) >= 11 is 6.00. The molecule has 0 N–H and O–H groups in total. The van der Waals surface area contributed by atoms with Crippen LogP contribution >= 0.6 is 11.6 Å². The van der Waals surface area contributed by atoms with Crippen molar-refractivity contribution in [2.45, 2.75) is 25.8 Å². The fourth-order valence-electron chi connectivity index (χ4n) is 4.67. The molecule has 0 bridgehead atoms. The van der Waals surface area contributed by atoms with Gasteiger partial charge in [-0.3, -0.25) is 9.59 Å². The molecule has 1 saturated heterocycles. The molecule has 2 amide bonds. The van der Waals surface area contributed by atoms with Gasteiger partial charge >= 0.3 is 0 Å². The lowest BCUT2D eigenvalue weighted by atomic mass is 9.77. The third kappa shape index (κ3) is 6.43. The quantitative estimate of drug-likeness (QED) is 0.384. The van der Waals surface area contributed by atoms with Crippen LogP contribution in [0.15, 0.2) is 78.9 Å². The first-order valence-corrected chi connectivity index (χ1v) is 12.4. The smallest absolute Gasteiger partial charge is 0.256 e. The van der Waals surface area contributed by atoms with Gasteiger partial charge in [-0.2, -0.15) is 0 Å². The highest BCUT2D eigenvalue weighted by molar-refractivity contribution is 6.30. The molecule has 1 atom stereocenters. The Balaban J connectivity index is 1.53. The standard InChI is InChI=1S/C29H30ClFN2O3/c1-32(19-22-8-3-2-4-9-22)27(34)18-29(21-36-24-14-12-23(30)13-15-24)16-7-17-33(20-29)28(35)25-10-5-6-11-26(25)31/h2-6,8-15H,7,16-21H2,1H3/t29-/m1/s1. The van der Waals surface area contributed by atoms with E-state index in [4.69, 9.17) is 16.3 Å². The summed E-state index contributed by atoms with van der Waals surface area (Å²) < 4.78 is 20.5. The number of carbonyl (C=O) groups excluding carboxylic acids is 2. The second kappa shape index (κ2) is 11.6. The highest BCUT2D eigenvalue weighted by atomic mass is 35.5. The molecule has 0 saturated carbocycles. The van der Waals surface area contributed by atoms with E-state index in [2.05, 4.69) is 0 Å². The van der Waals surface area contributed by atoms with Gasteiger partial charge in [-0.05, 0) is 54.8 Å². The molecule has 0 aliphatic carbocycles. The van der Waals surface area contributed by atoms with E-state index in [1.165, 1.54) is 12.1 Å². The van der Waals surface area contributed by atoms with Gasteiger partial charge in [0.1, 0.15) is 11.6 Å². The molecule has 1 fully saturated rings. The molecule has 1 aliphatic heterocycles. The number of rotatable bonds is 8. The van der Waals surface area contributed by atoms with Crippen molar-refractivity contribution >= 4 is 23.4 Å². The Morgan fingerprint density at radius 2 is 1.72 bits per heavy atom. The summed E-state index contributed by atoms with van der Waals surface area (Å²) in [6, 6.07) is 22.9. The van der Waals surface area contributed by atoms with Crippen LogP contribution < -0.4 is 4.74 Å². The first kappa shape index (κ1) is 25.7. The normalized spacial score (nSPS) is 17.5. The van der Waals surface area contributed by atoms with Crippen LogP contribution in [0, 0.1) is 11.2 Å². The van der Waals surface area contributed by atoms with Gasteiger partial charge in [-0.25, -0.2) is 4.39 Å². The van der Waals surface area contributed by atoms with Gasteiger partial charge in [0.05, 0.1) is 12.2 Å². The summed E-state index contributed by atoms with van der Waals surface area (Å²) in [5.74, 6) is -0.302. The second-order valence-corrected chi connectivity index (χ2v) is 9.90.